The summed E-state index contributed by atoms with van der Waals surface area (Å²) in [6.07, 6.45) is 3.08. The number of rotatable bonds is 5. The predicted octanol–water partition coefficient (Wildman–Crippen LogP) is 1.94. The molecule has 1 saturated heterocycles. The van der Waals surface area contributed by atoms with E-state index in [4.69, 9.17) is 0 Å². The molecule has 6 heteroatoms. The second-order valence-electron chi connectivity index (χ2n) is 6.65. The van der Waals surface area contributed by atoms with Gasteiger partial charge in [-0.05, 0) is 31.7 Å². The normalized spacial score (nSPS) is 15.5. The monoisotopic (exact) mass is 342 g/mol. The quantitative estimate of drug-likeness (QED) is 0.834. The highest BCUT2D eigenvalue weighted by atomic mass is 16.2. The number of carbonyl (C=O) groups excluding carboxylic acids is 1. The van der Waals surface area contributed by atoms with E-state index >= 15 is 0 Å². The van der Waals surface area contributed by atoms with Crippen LogP contribution in [-0.2, 0) is 24.8 Å². The lowest BCUT2D eigenvalue weighted by atomic mass is 9.95. The molecule has 3 rings (SSSR count). The Balaban J connectivity index is 1.56. The number of hydrogen-bond acceptors (Lipinski definition) is 3. The minimum absolute atomic E-state index is 0.0566. The summed E-state index contributed by atoms with van der Waals surface area (Å²) in [6, 6.07) is 10.1. The standard InChI is InChI=1S/C19H26N4O2/c1-3-23-18(20-21(2)19(23)25)16-11-13-22(14-12-16)17(24)10-9-15-7-5-4-6-8-15/h4-8,16H,3,9-14H2,1-2H3. The summed E-state index contributed by atoms with van der Waals surface area (Å²) < 4.78 is 3.16. The molecule has 1 aliphatic heterocycles. The molecule has 0 aliphatic carbocycles. The number of nitrogens with zero attached hydrogens (tertiary/aromatic N) is 4. The molecule has 134 valence electrons. The van der Waals surface area contributed by atoms with Crippen molar-refractivity contribution in [2.45, 2.75) is 45.1 Å². The number of likely N-dealkylation sites (tertiary alicyclic amines) is 1. The van der Waals surface area contributed by atoms with Crippen molar-refractivity contribution >= 4 is 5.91 Å². The number of benzene rings is 1. The summed E-state index contributed by atoms with van der Waals surface area (Å²) in [5.74, 6) is 1.34. The number of hydrogen-bond donors (Lipinski definition) is 0. The molecule has 2 aromatic rings. The zero-order chi connectivity index (χ0) is 17.8. The molecule has 1 aromatic heterocycles. The van der Waals surface area contributed by atoms with Gasteiger partial charge in [-0.15, -0.1) is 0 Å². The number of aryl methyl sites for hydroxylation is 2. The molecule has 1 aromatic carbocycles. The first kappa shape index (κ1) is 17.5. The lowest BCUT2D eigenvalue weighted by Crippen LogP contribution is -2.38. The van der Waals surface area contributed by atoms with Crippen LogP contribution in [0.3, 0.4) is 0 Å². The summed E-state index contributed by atoms with van der Waals surface area (Å²) >= 11 is 0. The highest BCUT2D eigenvalue weighted by Gasteiger charge is 2.27. The lowest BCUT2D eigenvalue weighted by Gasteiger charge is -2.31. The van der Waals surface area contributed by atoms with Crippen molar-refractivity contribution in [1.29, 1.82) is 0 Å². The van der Waals surface area contributed by atoms with Crippen LogP contribution < -0.4 is 5.69 Å². The zero-order valence-electron chi connectivity index (χ0n) is 15.0. The van der Waals surface area contributed by atoms with Gasteiger partial charge in [0.05, 0.1) is 0 Å². The van der Waals surface area contributed by atoms with Crippen LogP contribution in [0, 0.1) is 0 Å². The van der Waals surface area contributed by atoms with Crippen molar-refractivity contribution < 1.29 is 4.79 Å². The van der Waals surface area contributed by atoms with Gasteiger partial charge < -0.3 is 4.90 Å². The minimum Gasteiger partial charge on any atom is -0.343 e. The molecule has 0 radical (unpaired) electrons. The van der Waals surface area contributed by atoms with Crippen LogP contribution in [0.5, 0.6) is 0 Å². The van der Waals surface area contributed by atoms with Gasteiger partial charge in [0, 0.05) is 39.0 Å². The maximum atomic E-state index is 12.4. The Morgan fingerprint density at radius 1 is 1.20 bits per heavy atom. The van der Waals surface area contributed by atoms with Crippen LogP contribution in [0.1, 0.15) is 43.5 Å². The van der Waals surface area contributed by atoms with E-state index in [1.807, 2.05) is 30.0 Å². The topological polar surface area (TPSA) is 60.1 Å². The molecular weight excluding hydrogens is 316 g/mol. The van der Waals surface area contributed by atoms with Crippen LogP contribution in [0.15, 0.2) is 35.1 Å². The Morgan fingerprint density at radius 2 is 1.88 bits per heavy atom. The maximum Gasteiger partial charge on any atom is 0.345 e. The summed E-state index contributed by atoms with van der Waals surface area (Å²) in [4.78, 5) is 26.5. The summed E-state index contributed by atoms with van der Waals surface area (Å²) in [5.41, 5.74) is 1.14. The highest BCUT2D eigenvalue weighted by Crippen LogP contribution is 2.26. The minimum atomic E-state index is -0.0566. The van der Waals surface area contributed by atoms with E-state index in [-0.39, 0.29) is 17.5 Å². The molecule has 6 nitrogen and oxygen atoms in total. The molecule has 0 spiro atoms. The van der Waals surface area contributed by atoms with Crippen LogP contribution in [-0.4, -0.2) is 38.2 Å². The van der Waals surface area contributed by atoms with Crippen molar-refractivity contribution in [2.75, 3.05) is 13.1 Å². The van der Waals surface area contributed by atoms with Gasteiger partial charge in [-0.25, -0.2) is 9.48 Å². The molecule has 0 atom stereocenters. The summed E-state index contributed by atoms with van der Waals surface area (Å²) in [5, 5.41) is 4.41. The van der Waals surface area contributed by atoms with Crippen LogP contribution in [0.4, 0.5) is 0 Å². The fraction of sp³-hybridized carbons (Fsp3) is 0.526. The maximum absolute atomic E-state index is 12.4. The van der Waals surface area contributed by atoms with Crippen LogP contribution >= 0.6 is 0 Å². The summed E-state index contributed by atoms with van der Waals surface area (Å²) in [6.45, 7) is 4.09. The molecule has 0 bridgehead atoms. The highest BCUT2D eigenvalue weighted by molar-refractivity contribution is 5.76. The molecule has 1 amide bonds. The van der Waals surface area contributed by atoms with E-state index < -0.39 is 0 Å². The third-order valence-electron chi connectivity index (χ3n) is 5.04. The number of amides is 1. The Kier molecular flexibility index (Phi) is 5.36. The SMILES string of the molecule is CCn1c(C2CCN(C(=O)CCc3ccccc3)CC2)nn(C)c1=O. The van der Waals surface area contributed by atoms with E-state index in [0.717, 1.165) is 38.2 Å². The fourth-order valence-electron chi connectivity index (χ4n) is 3.56. The van der Waals surface area contributed by atoms with Crippen molar-refractivity contribution in [1.82, 2.24) is 19.2 Å². The van der Waals surface area contributed by atoms with Gasteiger partial charge in [-0.2, -0.15) is 5.10 Å². The zero-order valence-corrected chi connectivity index (χ0v) is 15.0. The first-order valence-electron chi connectivity index (χ1n) is 9.05. The molecule has 0 N–H and O–H groups in total. The Hall–Kier alpha value is -2.37. The van der Waals surface area contributed by atoms with E-state index in [9.17, 15) is 9.59 Å². The second-order valence-corrected chi connectivity index (χ2v) is 6.65. The van der Waals surface area contributed by atoms with Gasteiger partial charge >= 0.3 is 5.69 Å². The first-order chi connectivity index (χ1) is 12.1. The van der Waals surface area contributed by atoms with Gasteiger partial charge in [0.15, 0.2) is 0 Å². The Morgan fingerprint density at radius 3 is 2.52 bits per heavy atom. The molecule has 2 heterocycles. The van der Waals surface area contributed by atoms with Gasteiger partial charge in [0.25, 0.3) is 0 Å². The third-order valence-corrected chi connectivity index (χ3v) is 5.04. The van der Waals surface area contributed by atoms with Gasteiger partial charge in [-0.3, -0.25) is 9.36 Å². The average molecular weight is 342 g/mol. The van der Waals surface area contributed by atoms with Crippen LogP contribution in [0.25, 0.3) is 0 Å². The largest absolute Gasteiger partial charge is 0.345 e. The van der Waals surface area contributed by atoms with Crippen molar-refractivity contribution in [3.8, 4) is 0 Å². The predicted molar refractivity (Wildman–Crippen MR) is 96.5 cm³/mol. The number of aromatic nitrogens is 3. The summed E-state index contributed by atoms with van der Waals surface area (Å²) in [7, 11) is 1.69. The molecule has 1 aliphatic rings. The molecule has 25 heavy (non-hydrogen) atoms. The average Bonchev–Trinajstić information content (AvgIpc) is 2.95. The Labute approximate surface area is 148 Å². The van der Waals surface area contributed by atoms with E-state index in [1.54, 1.807) is 11.6 Å². The van der Waals surface area contributed by atoms with E-state index in [0.29, 0.717) is 13.0 Å². The van der Waals surface area contributed by atoms with E-state index in [1.165, 1.54) is 10.2 Å². The molecule has 1 fully saturated rings. The third kappa shape index (κ3) is 3.83. The van der Waals surface area contributed by atoms with Crippen molar-refractivity contribution in [3.05, 3.63) is 52.2 Å². The van der Waals surface area contributed by atoms with Crippen molar-refractivity contribution in [3.63, 3.8) is 0 Å². The fourth-order valence-corrected chi connectivity index (χ4v) is 3.56. The smallest absolute Gasteiger partial charge is 0.343 e. The Bertz CT molecular complexity index is 770. The molecular formula is C19H26N4O2. The molecule has 0 unspecified atom stereocenters. The van der Waals surface area contributed by atoms with Gasteiger partial charge in [0.1, 0.15) is 5.82 Å². The van der Waals surface area contributed by atoms with Crippen LogP contribution in [0.2, 0.25) is 0 Å². The van der Waals surface area contributed by atoms with Crippen molar-refractivity contribution in [2.24, 2.45) is 7.05 Å². The first-order valence-corrected chi connectivity index (χ1v) is 9.05. The van der Waals surface area contributed by atoms with Gasteiger partial charge in [-0.1, -0.05) is 30.3 Å². The molecule has 0 saturated carbocycles. The number of piperidine rings is 1. The lowest BCUT2D eigenvalue weighted by molar-refractivity contribution is -0.132. The van der Waals surface area contributed by atoms with E-state index in [2.05, 4.69) is 17.2 Å². The van der Waals surface area contributed by atoms with Gasteiger partial charge in [0.2, 0.25) is 5.91 Å². The second kappa shape index (κ2) is 7.68. The number of carbonyl (C=O) groups is 1.